The van der Waals surface area contributed by atoms with Gasteiger partial charge in [0, 0.05) is 29.6 Å². The number of nitrogens with zero attached hydrogens (tertiary/aromatic N) is 2. The predicted octanol–water partition coefficient (Wildman–Crippen LogP) is 30.5. The first-order chi connectivity index (χ1) is 52.8. The van der Waals surface area contributed by atoms with Crippen molar-refractivity contribution in [2.45, 2.75) is 321 Å². The van der Waals surface area contributed by atoms with E-state index in [1.807, 2.05) is 24.5 Å². The second-order valence-electron chi connectivity index (χ2n) is 31.4. The van der Waals surface area contributed by atoms with Crippen LogP contribution in [0.15, 0.2) is 189 Å². The van der Waals surface area contributed by atoms with Gasteiger partial charge in [0.2, 0.25) is 0 Å². The van der Waals surface area contributed by atoms with Crippen LogP contribution in [-0.4, -0.2) is 28.6 Å². The van der Waals surface area contributed by atoms with E-state index in [-0.39, 0.29) is 37.9 Å². The van der Waals surface area contributed by atoms with Crippen molar-refractivity contribution in [3.05, 3.63) is 224 Å². The summed E-state index contributed by atoms with van der Waals surface area (Å²) in [6, 6.07) is 63.5. The number of fused-ring (bicyclic) bond motifs is 6. The minimum atomic E-state index is -0.398. The van der Waals surface area contributed by atoms with Crippen molar-refractivity contribution in [2.24, 2.45) is 0 Å². The molecule has 2 aliphatic carbocycles. The minimum absolute atomic E-state index is 0. The molecule has 6 aromatic carbocycles. The number of carbonyl (C=O) groups is 1. The summed E-state index contributed by atoms with van der Waals surface area (Å²) in [6.07, 6.45) is 61.5. The molecule has 108 heavy (non-hydrogen) atoms. The molecule has 0 amide bonds. The van der Waals surface area contributed by atoms with E-state index in [9.17, 15) is 4.79 Å². The molecule has 0 atom stereocenters. The topological polar surface area (TPSA) is 61.3 Å². The Hall–Kier alpha value is -6.94. The zero-order chi connectivity index (χ0) is 74.8. The Kier molecular flexibility index (Phi) is 39.6. The van der Waals surface area contributed by atoms with Crippen LogP contribution in [0.25, 0.3) is 67.0 Å². The van der Waals surface area contributed by atoms with Crippen molar-refractivity contribution in [3.8, 4) is 72.8 Å². The van der Waals surface area contributed by atoms with Crippen LogP contribution >= 0.6 is 0 Å². The molecule has 0 saturated heterocycles. The number of pyridine rings is 2. The molecule has 0 unspecified atom stereocenters. The average Bonchev–Trinajstić information content (AvgIpc) is 1.57. The number of unbranched alkanes of at least 4 members (excludes halogenated alkanes) is 33. The zero-order valence-corrected chi connectivity index (χ0v) is 69.6. The van der Waals surface area contributed by atoms with E-state index >= 15 is 0 Å². The normalized spacial score (nSPS) is 12.7. The molecule has 0 spiro atoms. The molecule has 2 aromatic heterocycles. The van der Waals surface area contributed by atoms with Gasteiger partial charge in [-0.15, -0.1) is 58.7 Å². The Morgan fingerprint density at radius 3 is 1.16 bits per heavy atom. The van der Waals surface area contributed by atoms with E-state index in [0.717, 1.165) is 66.8 Å². The van der Waals surface area contributed by atoms with Gasteiger partial charge < -0.3 is 19.4 Å². The van der Waals surface area contributed by atoms with Crippen LogP contribution in [0.3, 0.4) is 0 Å². The molecule has 0 N–H and O–H groups in total. The van der Waals surface area contributed by atoms with Crippen LogP contribution in [0.2, 0.25) is 0 Å². The molecule has 580 valence electrons. The third-order valence-electron chi connectivity index (χ3n) is 23.4. The first-order valence-electron chi connectivity index (χ1n) is 43.3. The molecular formula is C102H134N2O3Pt. The quantitative estimate of drug-likeness (QED) is 0.0165. The second-order valence-corrected chi connectivity index (χ2v) is 31.4. The maximum Gasteiger partial charge on any atom is 2.00 e. The third kappa shape index (κ3) is 26.1. The Labute approximate surface area is 670 Å². The Morgan fingerprint density at radius 1 is 0.380 bits per heavy atom. The Morgan fingerprint density at radius 2 is 0.731 bits per heavy atom. The maximum absolute atomic E-state index is 12.0. The van der Waals surface area contributed by atoms with E-state index in [4.69, 9.17) is 14.5 Å². The summed E-state index contributed by atoms with van der Waals surface area (Å²) in [7, 11) is 0. The first kappa shape index (κ1) is 86.6. The number of aromatic nitrogens is 2. The number of esters is 1. The number of ether oxygens (including phenoxy) is 2. The van der Waals surface area contributed by atoms with E-state index in [0.29, 0.717) is 13.0 Å². The van der Waals surface area contributed by atoms with Gasteiger partial charge in [0.15, 0.2) is 0 Å². The molecule has 0 saturated carbocycles. The fourth-order valence-electron chi connectivity index (χ4n) is 17.2. The average molecular weight is 1630 g/mol. The molecule has 0 radical (unpaired) electrons. The molecule has 0 bridgehead atoms. The van der Waals surface area contributed by atoms with Gasteiger partial charge in [-0.3, -0.25) is 4.79 Å². The van der Waals surface area contributed by atoms with Crippen molar-refractivity contribution in [3.63, 3.8) is 0 Å². The van der Waals surface area contributed by atoms with Gasteiger partial charge in [-0.2, -0.15) is 0 Å². The van der Waals surface area contributed by atoms with Gasteiger partial charge in [0.1, 0.15) is 11.9 Å². The van der Waals surface area contributed by atoms with Gasteiger partial charge in [-0.25, -0.2) is 0 Å². The molecule has 2 aliphatic rings. The van der Waals surface area contributed by atoms with Crippen LogP contribution in [0.4, 0.5) is 0 Å². The number of carbonyl (C=O) groups excluding carboxylic acids is 1. The molecule has 5 nitrogen and oxygen atoms in total. The standard InChI is InChI=1S/C64H82NO3.C38H52N.Pt/c1-5-9-11-13-15-18-22-27-45-64(46-28-23-19-16-14-12-10-6-2)60-49-54(39-43-58(60)59-44-40-55(50-61(59)64)62-31-26-29-47-65-62)53-35-33-51(34-36-53)52-37-41-57(42-38-52)67-48-30-24-20-17-21-25-32-63(66)68-56(7-3)8-4;1-3-5-7-9-11-13-15-20-28-38(29-21-16-14-12-10-8-6-4-2)35-24-18-17-23-33(35)34-27-26-32(31-36(34)38)37-25-19-22-30-39-37;/h7-8,26,29,31,33-39,41-44,47,49-50,56H,3-6,9-25,27-28,30,32,45-46,48H2,1-2H3;17-19,22-25,27,30-31H,3-16,20-21,28-29H2,1-2H3;/q2*-1;+2. The number of rotatable bonds is 53. The van der Waals surface area contributed by atoms with Crippen molar-refractivity contribution in [2.75, 3.05) is 6.61 Å². The monoisotopic (exact) mass is 1630 g/mol. The number of hydrogen-bond donors (Lipinski definition) is 0. The maximum atomic E-state index is 12.0. The Balaban J connectivity index is 0.000000311. The van der Waals surface area contributed by atoms with Crippen molar-refractivity contribution in [1.29, 1.82) is 0 Å². The summed E-state index contributed by atoms with van der Waals surface area (Å²) in [4.78, 5) is 21.4. The Bertz CT molecular complexity index is 3770. The van der Waals surface area contributed by atoms with Gasteiger partial charge in [0.25, 0.3) is 0 Å². The SMILES string of the molecule is C=CC(C=C)OC(=O)CCCCCCCCOc1ccc(-c2ccc(-c3ccc4c(c3)C(CCCCCCCCCC)(CCCCCCCCCC)c3cc(-c5ccccn5)[c-]cc3-4)cc2)cc1.CCCCCCCCCCC1(CCCCCCCCCC)c2ccccc2-c2c[c-]c(-c3ccccn3)cc21.[Pt+2]. The van der Waals surface area contributed by atoms with Gasteiger partial charge in [0.05, 0.1) is 6.61 Å². The summed E-state index contributed by atoms with van der Waals surface area (Å²) in [6.45, 7) is 17.3. The second kappa shape index (κ2) is 49.3. The van der Waals surface area contributed by atoms with Crippen molar-refractivity contribution in [1.82, 2.24) is 9.97 Å². The third-order valence-corrected chi connectivity index (χ3v) is 23.4. The largest absolute Gasteiger partial charge is 2.00 e. The fourth-order valence-corrected chi connectivity index (χ4v) is 17.2. The smallest absolute Gasteiger partial charge is 0.494 e. The van der Waals surface area contributed by atoms with Crippen molar-refractivity contribution < 1.29 is 35.3 Å². The van der Waals surface area contributed by atoms with Gasteiger partial charge in [-0.1, -0.05) is 397 Å². The molecule has 10 rings (SSSR count). The summed E-state index contributed by atoms with van der Waals surface area (Å²) < 4.78 is 11.4. The zero-order valence-electron chi connectivity index (χ0n) is 67.3. The van der Waals surface area contributed by atoms with Gasteiger partial charge in [-0.05, 0) is 120 Å². The number of benzene rings is 6. The summed E-state index contributed by atoms with van der Waals surface area (Å²) in [5.74, 6) is 0.728. The first-order valence-corrected chi connectivity index (χ1v) is 43.3. The van der Waals surface area contributed by atoms with Crippen LogP contribution in [0, 0.1) is 12.1 Å². The molecule has 6 heteroatoms. The molecule has 0 fully saturated rings. The molecule has 0 aliphatic heterocycles. The van der Waals surface area contributed by atoms with E-state index in [2.05, 4.69) is 197 Å². The molecule has 8 aromatic rings. The molecular weight excluding hydrogens is 1500 g/mol. The van der Waals surface area contributed by atoms with Crippen LogP contribution in [0.5, 0.6) is 5.75 Å². The van der Waals surface area contributed by atoms with Gasteiger partial charge >= 0.3 is 27.0 Å². The molecule has 2 heterocycles. The predicted molar refractivity (Wildman–Crippen MR) is 457 cm³/mol. The van der Waals surface area contributed by atoms with Crippen LogP contribution < -0.4 is 4.74 Å². The van der Waals surface area contributed by atoms with Crippen LogP contribution in [-0.2, 0) is 41.4 Å². The minimum Gasteiger partial charge on any atom is -0.494 e. The van der Waals surface area contributed by atoms with E-state index < -0.39 is 6.10 Å². The summed E-state index contributed by atoms with van der Waals surface area (Å²) in [5.41, 5.74) is 21.0. The fraction of sp³-hybridized carbons (Fsp3) is 0.500. The van der Waals surface area contributed by atoms with Crippen LogP contribution in [0.1, 0.15) is 326 Å². The number of hydrogen-bond acceptors (Lipinski definition) is 5. The van der Waals surface area contributed by atoms with Crippen molar-refractivity contribution >= 4 is 5.97 Å². The van der Waals surface area contributed by atoms with E-state index in [1.54, 1.807) is 17.7 Å². The van der Waals surface area contributed by atoms with E-state index in [1.165, 1.54) is 292 Å². The summed E-state index contributed by atoms with van der Waals surface area (Å²) in [5, 5.41) is 0. The summed E-state index contributed by atoms with van der Waals surface area (Å²) >= 11 is 0.